The molecule has 2 rings (SSSR count). The van der Waals surface area contributed by atoms with Crippen molar-refractivity contribution in [3.8, 4) is 11.1 Å². The maximum absolute atomic E-state index is 3.98. The van der Waals surface area contributed by atoms with Gasteiger partial charge in [-0.1, -0.05) is 12.1 Å². The summed E-state index contributed by atoms with van der Waals surface area (Å²) in [6.07, 6.45) is 3.77. The number of benzene rings is 1. The van der Waals surface area contributed by atoms with E-state index in [9.17, 15) is 0 Å². The molecule has 2 aromatic rings. The lowest BCUT2D eigenvalue weighted by Crippen LogP contribution is -2.14. The molecule has 3 nitrogen and oxygen atoms in total. The van der Waals surface area contributed by atoms with Gasteiger partial charge in [0.25, 0.3) is 0 Å². The average Bonchev–Trinajstić information content (AvgIpc) is 2.82. The molecule has 1 aromatic carbocycles. The predicted molar refractivity (Wildman–Crippen MR) is 73.3 cm³/mol. The fourth-order valence-electron chi connectivity index (χ4n) is 1.52. The molecule has 1 heterocycles. The van der Waals surface area contributed by atoms with Crippen molar-refractivity contribution in [1.82, 2.24) is 15.1 Å². The molecule has 0 unspecified atom stereocenters. The van der Waals surface area contributed by atoms with Gasteiger partial charge in [-0.3, -0.25) is 5.10 Å². The lowest BCUT2D eigenvalue weighted by molar-refractivity contribution is 0.437. The lowest BCUT2D eigenvalue weighted by atomic mass is 10.1. The van der Waals surface area contributed by atoms with Crippen LogP contribution in [0.5, 0.6) is 0 Å². The number of hydrogen-bond acceptors (Lipinski definition) is 3. The average molecular weight is 247 g/mol. The van der Waals surface area contributed by atoms with Crippen LogP contribution in [-0.4, -0.2) is 41.5 Å². The Morgan fingerprint density at radius 3 is 2.88 bits per heavy atom. The van der Waals surface area contributed by atoms with E-state index in [0.29, 0.717) is 0 Å². The van der Waals surface area contributed by atoms with Crippen molar-refractivity contribution in [2.75, 3.05) is 26.4 Å². The Kier molecular flexibility index (Phi) is 4.23. The Labute approximate surface area is 106 Å². The maximum atomic E-state index is 3.98. The second-order valence-corrected chi connectivity index (χ2v) is 5.33. The maximum Gasteiger partial charge on any atom is 0.0565 e. The van der Waals surface area contributed by atoms with E-state index in [1.54, 1.807) is 0 Å². The van der Waals surface area contributed by atoms with Crippen molar-refractivity contribution in [3.05, 3.63) is 36.7 Å². The quantitative estimate of drug-likeness (QED) is 0.824. The van der Waals surface area contributed by atoms with Gasteiger partial charge >= 0.3 is 0 Å². The normalized spacial score (nSPS) is 11.0. The van der Waals surface area contributed by atoms with E-state index in [-0.39, 0.29) is 0 Å². The highest BCUT2D eigenvalue weighted by molar-refractivity contribution is 7.99. The summed E-state index contributed by atoms with van der Waals surface area (Å²) >= 11 is 1.89. The molecule has 0 aliphatic carbocycles. The molecule has 0 fully saturated rings. The number of H-pyrrole nitrogens is 1. The van der Waals surface area contributed by atoms with Crippen LogP contribution >= 0.6 is 11.8 Å². The molecular weight excluding hydrogens is 230 g/mol. The number of aromatic nitrogens is 2. The van der Waals surface area contributed by atoms with Gasteiger partial charge in [0.2, 0.25) is 0 Å². The molecule has 0 spiro atoms. The van der Waals surface area contributed by atoms with Crippen LogP contribution < -0.4 is 0 Å². The molecule has 90 valence electrons. The van der Waals surface area contributed by atoms with Crippen LogP contribution in [0.15, 0.2) is 41.6 Å². The summed E-state index contributed by atoms with van der Waals surface area (Å²) in [5, 5.41) is 6.82. The van der Waals surface area contributed by atoms with Crippen LogP contribution in [0.3, 0.4) is 0 Å². The first-order chi connectivity index (χ1) is 8.25. The van der Waals surface area contributed by atoms with Crippen molar-refractivity contribution in [1.29, 1.82) is 0 Å². The van der Waals surface area contributed by atoms with Crippen molar-refractivity contribution < 1.29 is 0 Å². The largest absolute Gasteiger partial charge is 0.309 e. The summed E-state index contributed by atoms with van der Waals surface area (Å²) in [5.74, 6) is 1.11. The van der Waals surface area contributed by atoms with Crippen LogP contribution in [0.25, 0.3) is 11.1 Å². The summed E-state index contributed by atoms with van der Waals surface area (Å²) in [7, 11) is 4.20. The number of rotatable bonds is 5. The molecule has 0 amide bonds. The monoisotopic (exact) mass is 247 g/mol. The van der Waals surface area contributed by atoms with Gasteiger partial charge in [0, 0.05) is 29.0 Å². The fraction of sp³-hybridized carbons (Fsp3) is 0.308. The van der Waals surface area contributed by atoms with Crippen molar-refractivity contribution in [2.24, 2.45) is 0 Å². The zero-order valence-electron chi connectivity index (χ0n) is 10.2. The van der Waals surface area contributed by atoms with Gasteiger partial charge in [-0.2, -0.15) is 5.10 Å². The van der Waals surface area contributed by atoms with Crippen LogP contribution in [0.1, 0.15) is 0 Å². The van der Waals surface area contributed by atoms with Gasteiger partial charge in [-0.25, -0.2) is 0 Å². The lowest BCUT2D eigenvalue weighted by Gasteiger charge is -2.09. The second kappa shape index (κ2) is 5.89. The zero-order valence-corrected chi connectivity index (χ0v) is 11.0. The summed E-state index contributed by atoms with van der Waals surface area (Å²) < 4.78 is 0. The molecular formula is C13H17N3S. The third kappa shape index (κ3) is 3.61. The van der Waals surface area contributed by atoms with Crippen LogP contribution in [0.4, 0.5) is 0 Å². The van der Waals surface area contributed by atoms with E-state index >= 15 is 0 Å². The summed E-state index contributed by atoms with van der Waals surface area (Å²) in [5.41, 5.74) is 2.36. The molecule has 1 N–H and O–H groups in total. The van der Waals surface area contributed by atoms with Gasteiger partial charge in [0.05, 0.1) is 6.20 Å². The minimum absolute atomic E-state index is 1.10. The molecule has 17 heavy (non-hydrogen) atoms. The molecule has 0 saturated carbocycles. The molecule has 0 radical (unpaired) electrons. The van der Waals surface area contributed by atoms with E-state index < -0.39 is 0 Å². The molecule has 0 saturated heterocycles. The number of nitrogens with one attached hydrogen (secondary N) is 1. The topological polar surface area (TPSA) is 31.9 Å². The number of hydrogen-bond donors (Lipinski definition) is 1. The SMILES string of the molecule is CN(C)CCSc1cccc(-c2cn[nH]c2)c1. The smallest absolute Gasteiger partial charge is 0.0565 e. The van der Waals surface area contributed by atoms with E-state index in [0.717, 1.165) is 17.9 Å². The van der Waals surface area contributed by atoms with Gasteiger partial charge in [0.1, 0.15) is 0 Å². The van der Waals surface area contributed by atoms with E-state index in [1.807, 2.05) is 24.2 Å². The Hall–Kier alpha value is -1.26. The van der Waals surface area contributed by atoms with Crippen molar-refractivity contribution in [2.45, 2.75) is 4.90 Å². The highest BCUT2D eigenvalue weighted by Gasteiger charge is 2.01. The second-order valence-electron chi connectivity index (χ2n) is 4.17. The van der Waals surface area contributed by atoms with Gasteiger partial charge in [-0.05, 0) is 31.8 Å². The highest BCUT2D eigenvalue weighted by atomic mass is 32.2. The van der Waals surface area contributed by atoms with Crippen molar-refractivity contribution >= 4 is 11.8 Å². The number of thioether (sulfide) groups is 1. The van der Waals surface area contributed by atoms with Gasteiger partial charge < -0.3 is 4.90 Å². The molecule has 0 bridgehead atoms. The first-order valence-electron chi connectivity index (χ1n) is 5.62. The number of aromatic amines is 1. The summed E-state index contributed by atoms with van der Waals surface area (Å²) in [6.45, 7) is 1.10. The molecule has 0 aliphatic heterocycles. The zero-order chi connectivity index (χ0) is 12.1. The number of nitrogens with zero attached hydrogens (tertiary/aromatic N) is 2. The summed E-state index contributed by atoms with van der Waals surface area (Å²) in [4.78, 5) is 3.51. The Balaban J connectivity index is 2.02. The van der Waals surface area contributed by atoms with Gasteiger partial charge in [0.15, 0.2) is 0 Å². The molecule has 0 aliphatic rings. The third-order valence-corrected chi connectivity index (χ3v) is 3.45. The molecule has 4 heteroatoms. The Bertz CT molecular complexity index is 451. The van der Waals surface area contributed by atoms with Crippen LogP contribution in [0.2, 0.25) is 0 Å². The van der Waals surface area contributed by atoms with E-state index in [1.165, 1.54) is 10.5 Å². The standard InChI is InChI=1S/C13H17N3S/c1-16(2)6-7-17-13-5-3-4-11(8-13)12-9-14-15-10-12/h3-5,8-10H,6-7H2,1-2H3,(H,14,15). The van der Waals surface area contributed by atoms with Gasteiger partial charge in [-0.15, -0.1) is 11.8 Å². The Morgan fingerprint density at radius 1 is 1.29 bits per heavy atom. The van der Waals surface area contributed by atoms with Crippen LogP contribution in [0, 0.1) is 0 Å². The summed E-state index contributed by atoms with van der Waals surface area (Å²) in [6, 6.07) is 8.58. The molecule has 1 aromatic heterocycles. The fourth-order valence-corrected chi connectivity index (χ4v) is 2.60. The highest BCUT2D eigenvalue weighted by Crippen LogP contribution is 2.24. The predicted octanol–water partition coefficient (Wildman–Crippen LogP) is 2.73. The van der Waals surface area contributed by atoms with Crippen molar-refractivity contribution in [3.63, 3.8) is 0 Å². The molecule has 0 atom stereocenters. The van der Waals surface area contributed by atoms with E-state index in [2.05, 4.69) is 53.5 Å². The van der Waals surface area contributed by atoms with Crippen LogP contribution in [-0.2, 0) is 0 Å². The first kappa shape index (κ1) is 12.2. The minimum Gasteiger partial charge on any atom is -0.309 e. The first-order valence-corrected chi connectivity index (χ1v) is 6.61. The van der Waals surface area contributed by atoms with E-state index in [4.69, 9.17) is 0 Å². The minimum atomic E-state index is 1.10. The third-order valence-electron chi connectivity index (χ3n) is 2.47. The Morgan fingerprint density at radius 2 is 2.18 bits per heavy atom.